The Hall–Kier alpha value is -1.60. The third-order valence-electron chi connectivity index (χ3n) is 4.01. The molecule has 0 saturated carbocycles. The van der Waals surface area contributed by atoms with Gasteiger partial charge in [0.25, 0.3) is 0 Å². The molecule has 1 nitrogen and oxygen atoms in total. The van der Waals surface area contributed by atoms with Crippen molar-refractivity contribution < 1.29 is 0 Å². The summed E-state index contributed by atoms with van der Waals surface area (Å²) in [6.45, 7) is 5.71. The van der Waals surface area contributed by atoms with E-state index < -0.39 is 0 Å². The summed E-state index contributed by atoms with van der Waals surface area (Å²) in [5, 5.41) is 0. The van der Waals surface area contributed by atoms with Crippen LogP contribution in [0.5, 0.6) is 0 Å². The second-order valence-corrected chi connectivity index (χ2v) is 5.40. The predicted octanol–water partition coefficient (Wildman–Crippen LogP) is 4.04. The van der Waals surface area contributed by atoms with E-state index in [4.69, 9.17) is 0 Å². The molecule has 0 radical (unpaired) electrons. The zero-order chi connectivity index (χ0) is 13.1. The number of nitrogens with zero attached hydrogens (tertiary/aromatic N) is 1. The number of fused-ring (bicyclic) bond motifs is 1. The Kier molecular flexibility index (Phi) is 3.65. The lowest BCUT2D eigenvalue weighted by molar-refractivity contribution is 0.241. The third-order valence-corrected chi connectivity index (χ3v) is 4.01. The number of hydrogen-bond donors (Lipinski definition) is 0. The van der Waals surface area contributed by atoms with Crippen LogP contribution in [0, 0.1) is 0 Å². The maximum Gasteiger partial charge on any atom is 0.0237 e. The summed E-state index contributed by atoms with van der Waals surface area (Å²) in [6, 6.07) is 19.8. The van der Waals surface area contributed by atoms with Gasteiger partial charge in [0.15, 0.2) is 0 Å². The Morgan fingerprint density at radius 2 is 1.74 bits per heavy atom. The molecule has 1 heterocycles. The van der Waals surface area contributed by atoms with Crippen molar-refractivity contribution >= 4 is 0 Å². The molecule has 2 aromatic carbocycles. The van der Waals surface area contributed by atoms with E-state index in [1.165, 1.54) is 29.7 Å². The molecule has 98 valence electrons. The molecule has 0 fully saturated rings. The van der Waals surface area contributed by atoms with E-state index >= 15 is 0 Å². The van der Waals surface area contributed by atoms with Crippen LogP contribution in [-0.2, 0) is 6.54 Å². The Morgan fingerprint density at radius 1 is 1.00 bits per heavy atom. The smallest absolute Gasteiger partial charge is 0.0237 e. The molecule has 1 atom stereocenters. The van der Waals surface area contributed by atoms with Gasteiger partial charge in [0.2, 0.25) is 0 Å². The first-order chi connectivity index (χ1) is 9.38. The van der Waals surface area contributed by atoms with Gasteiger partial charge >= 0.3 is 0 Å². The normalized spacial score (nSPS) is 19.1. The second kappa shape index (κ2) is 5.58. The molecule has 2 aromatic rings. The van der Waals surface area contributed by atoms with Crippen LogP contribution in [0.25, 0.3) is 0 Å². The Labute approximate surface area is 115 Å². The van der Waals surface area contributed by atoms with E-state index in [1.54, 1.807) is 0 Å². The van der Waals surface area contributed by atoms with Gasteiger partial charge in [-0.3, -0.25) is 4.90 Å². The monoisotopic (exact) mass is 251 g/mol. The van der Waals surface area contributed by atoms with Crippen molar-refractivity contribution in [2.24, 2.45) is 0 Å². The van der Waals surface area contributed by atoms with Gasteiger partial charge in [-0.25, -0.2) is 0 Å². The van der Waals surface area contributed by atoms with E-state index in [9.17, 15) is 0 Å². The molecule has 1 aliphatic rings. The average molecular weight is 251 g/mol. The molecule has 1 aliphatic heterocycles. The van der Waals surface area contributed by atoms with Crippen LogP contribution in [0.15, 0.2) is 54.6 Å². The molecule has 0 aromatic heterocycles. The highest BCUT2D eigenvalue weighted by molar-refractivity contribution is 5.40. The summed E-state index contributed by atoms with van der Waals surface area (Å²) in [4.78, 5) is 2.58. The molecule has 19 heavy (non-hydrogen) atoms. The molecular formula is C18H21N. The third kappa shape index (κ3) is 2.57. The molecule has 0 spiro atoms. The first kappa shape index (κ1) is 12.4. The summed E-state index contributed by atoms with van der Waals surface area (Å²) < 4.78 is 0. The predicted molar refractivity (Wildman–Crippen MR) is 80.3 cm³/mol. The number of rotatable bonds is 3. The van der Waals surface area contributed by atoms with Crippen molar-refractivity contribution in [3.8, 4) is 0 Å². The van der Waals surface area contributed by atoms with Crippen molar-refractivity contribution in [3.05, 3.63) is 71.3 Å². The minimum Gasteiger partial charge on any atom is -0.298 e. The Morgan fingerprint density at radius 3 is 2.53 bits per heavy atom. The maximum absolute atomic E-state index is 2.58. The van der Waals surface area contributed by atoms with Gasteiger partial charge in [-0.2, -0.15) is 0 Å². The van der Waals surface area contributed by atoms with Crippen molar-refractivity contribution in [2.45, 2.75) is 25.8 Å². The zero-order valence-electron chi connectivity index (χ0n) is 11.5. The largest absolute Gasteiger partial charge is 0.298 e. The zero-order valence-corrected chi connectivity index (χ0v) is 11.5. The van der Waals surface area contributed by atoms with E-state index in [0.717, 1.165) is 13.1 Å². The van der Waals surface area contributed by atoms with Gasteiger partial charge in [0, 0.05) is 19.0 Å². The minimum atomic E-state index is 0.526. The fraction of sp³-hybridized carbons (Fsp3) is 0.333. The first-order valence-electron chi connectivity index (χ1n) is 7.23. The van der Waals surface area contributed by atoms with Crippen LogP contribution in [0.2, 0.25) is 0 Å². The standard InChI is InChI=1S/C18H21N/c1-2-12-19-13-16-10-6-7-11-17(16)18(14-19)15-8-4-3-5-9-15/h3-11,18H,2,12-14H2,1H3. The fourth-order valence-corrected chi connectivity index (χ4v) is 3.14. The van der Waals surface area contributed by atoms with Gasteiger partial charge in [0.05, 0.1) is 0 Å². The number of benzene rings is 2. The molecular weight excluding hydrogens is 230 g/mol. The Balaban J connectivity index is 1.98. The van der Waals surface area contributed by atoms with Gasteiger partial charge in [0.1, 0.15) is 0 Å². The summed E-state index contributed by atoms with van der Waals surface area (Å²) >= 11 is 0. The highest BCUT2D eigenvalue weighted by Gasteiger charge is 2.25. The quantitative estimate of drug-likeness (QED) is 0.795. The van der Waals surface area contributed by atoms with Crippen LogP contribution < -0.4 is 0 Å². The highest BCUT2D eigenvalue weighted by atomic mass is 15.1. The van der Waals surface area contributed by atoms with Crippen molar-refractivity contribution in [1.29, 1.82) is 0 Å². The molecule has 0 aliphatic carbocycles. The molecule has 0 bridgehead atoms. The Bertz CT molecular complexity index is 532. The van der Waals surface area contributed by atoms with Crippen molar-refractivity contribution in [2.75, 3.05) is 13.1 Å². The lowest BCUT2D eigenvalue weighted by Gasteiger charge is -2.34. The first-order valence-corrected chi connectivity index (χ1v) is 7.23. The molecule has 1 unspecified atom stereocenters. The van der Waals surface area contributed by atoms with Crippen LogP contribution >= 0.6 is 0 Å². The van der Waals surface area contributed by atoms with Crippen LogP contribution in [-0.4, -0.2) is 18.0 Å². The summed E-state index contributed by atoms with van der Waals surface area (Å²) in [5.41, 5.74) is 4.45. The molecule has 0 amide bonds. The summed E-state index contributed by atoms with van der Waals surface area (Å²) in [7, 11) is 0. The summed E-state index contributed by atoms with van der Waals surface area (Å²) in [6.07, 6.45) is 1.23. The van der Waals surface area contributed by atoms with Crippen LogP contribution in [0.4, 0.5) is 0 Å². The maximum atomic E-state index is 2.58. The van der Waals surface area contributed by atoms with Gasteiger partial charge in [-0.1, -0.05) is 61.5 Å². The second-order valence-electron chi connectivity index (χ2n) is 5.40. The van der Waals surface area contributed by atoms with Crippen LogP contribution in [0.1, 0.15) is 36.0 Å². The topological polar surface area (TPSA) is 3.24 Å². The van der Waals surface area contributed by atoms with Gasteiger partial charge in [-0.15, -0.1) is 0 Å². The number of hydrogen-bond acceptors (Lipinski definition) is 1. The molecule has 1 heteroatoms. The fourth-order valence-electron chi connectivity index (χ4n) is 3.14. The molecule has 0 N–H and O–H groups in total. The molecule has 0 saturated heterocycles. The van der Waals surface area contributed by atoms with E-state index in [0.29, 0.717) is 5.92 Å². The lowest BCUT2D eigenvalue weighted by atomic mass is 9.84. The van der Waals surface area contributed by atoms with E-state index in [-0.39, 0.29) is 0 Å². The average Bonchev–Trinajstić information content (AvgIpc) is 2.48. The van der Waals surface area contributed by atoms with Crippen LogP contribution in [0.3, 0.4) is 0 Å². The van der Waals surface area contributed by atoms with Gasteiger partial charge < -0.3 is 0 Å². The lowest BCUT2D eigenvalue weighted by Crippen LogP contribution is -2.34. The molecule has 3 rings (SSSR count). The van der Waals surface area contributed by atoms with Crippen molar-refractivity contribution in [1.82, 2.24) is 4.90 Å². The van der Waals surface area contributed by atoms with Gasteiger partial charge in [-0.05, 0) is 29.7 Å². The van der Waals surface area contributed by atoms with Crippen molar-refractivity contribution in [3.63, 3.8) is 0 Å². The summed E-state index contributed by atoms with van der Waals surface area (Å²) in [5.74, 6) is 0.526. The SMILES string of the molecule is CCCN1Cc2ccccc2C(c2ccccc2)C1. The highest BCUT2D eigenvalue weighted by Crippen LogP contribution is 2.33. The minimum absolute atomic E-state index is 0.526. The van der Waals surface area contributed by atoms with E-state index in [2.05, 4.69) is 66.4 Å². The van der Waals surface area contributed by atoms with E-state index in [1.807, 2.05) is 0 Å².